The third-order valence-electron chi connectivity index (χ3n) is 3.82. The van der Waals surface area contributed by atoms with Crippen molar-refractivity contribution in [2.75, 3.05) is 0 Å². The Morgan fingerprint density at radius 1 is 0.750 bits per heavy atom. The Hall–Kier alpha value is -0.480. The van der Waals surface area contributed by atoms with Crippen molar-refractivity contribution < 1.29 is 9.59 Å². The van der Waals surface area contributed by atoms with E-state index in [1.165, 1.54) is 4.90 Å². The molecule has 1 aromatic rings. The number of rotatable bonds is 1. The molecule has 0 spiro atoms. The van der Waals surface area contributed by atoms with E-state index >= 15 is 0 Å². The predicted octanol–water partition coefficient (Wildman–Crippen LogP) is 4.84. The maximum atomic E-state index is 12.5. The smallest absolute Gasteiger partial charge is 0.263 e. The number of hydrogen-bond acceptors (Lipinski definition) is 2. The van der Waals surface area contributed by atoms with Crippen LogP contribution < -0.4 is 0 Å². The number of benzene rings is 1. The monoisotopic (exact) mass is 351 g/mol. The molecule has 3 rings (SSSR count). The second-order valence-electron chi connectivity index (χ2n) is 4.92. The lowest BCUT2D eigenvalue weighted by Gasteiger charge is -2.21. The highest BCUT2D eigenvalue weighted by molar-refractivity contribution is 6.55. The average molecular weight is 353 g/mol. The van der Waals surface area contributed by atoms with Crippen LogP contribution in [0.4, 0.5) is 0 Å². The SMILES string of the molecule is O=C1c2c(Cl)c(Cl)c(Cl)c(Cl)c2C(=O)N1C1CCCC1. The van der Waals surface area contributed by atoms with E-state index in [4.69, 9.17) is 46.4 Å². The highest BCUT2D eigenvalue weighted by Gasteiger charge is 2.45. The Labute approximate surface area is 135 Å². The minimum Gasteiger partial charge on any atom is -0.271 e. The molecule has 1 fully saturated rings. The normalized spacial score (nSPS) is 19.1. The summed E-state index contributed by atoms with van der Waals surface area (Å²) in [6, 6.07) is -0.0907. The van der Waals surface area contributed by atoms with Gasteiger partial charge in [-0.15, -0.1) is 0 Å². The lowest BCUT2D eigenvalue weighted by molar-refractivity contribution is 0.0588. The molecule has 7 heteroatoms. The van der Waals surface area contributed by atoms with Crippen molar-refractivity contribution in [3.8, 4) is 0 Å². The Morgan fingerprint density at radius 3 is 1.55 bits per heavy atom. The highest BCUT2D eigenvalue weighted by Crippen LogP contribution is 2.46. The summed E-state index contributed by atoms with van der Waals surface area (Å²) in [5.41, 5.74) is 0.144. The first-order chi connectivity index (χ1) is 9.45. The van der Waals surface area contributed by atoms with Crippen molar-refractivity contribution >= 4 is 58.2 Å². The topological polar surface area (TPSA) is 37.4 Å². The van der Waals surface area contributed by atoms with Crippen molar-refractivity contribution in [2.24, 2.45) is 0 Å². The summed E-state index contributed by atoms with van der Waals surface area (Å²) in [7, 11) is 0. The van der Waals surface area contributed by atoms with Gasteiger partial charge in [0.05, 0.1) is 31.2 Å². The molecule has 3 nitrogen and oxygen atoms in total. The van der Waals surface area contributed by atoms with Gasteiger partial charge in [0.2, 0.25) is 0 Å². The van der Waals surface area contributed by atoms with Crippen LogP contribution in [0.2, 0.25) is 20.1 Å². The van der Waals surface area contributed by atoms with E-state index in [0.29, 0.717) is 0 Å². The first-order valence-electron chi connectivity index (χ1n) is 6.19. The van der Waals surface area contributed by atoms with Gasteiger partial charge in [0.1, 0.15) is 0 Å². The third kappa shape index (κ3) is 1.87. The zero-order chi connectivity index (χ0) is 14.6. The molecule has 0 saturated heterocycles. The number of imide groups is 1. The summed E-state index contributed by atoms with van der Waals surface area (Å²) in [6.07, 6.45) is 3.62. The largest absolute Gasteiger partial charge is 0.271 e. The van der Waals surface area contributed by atoms with Gasteiger partial charge in [-0.05, 0) is 12.8 Å². The first kappa shape index (κ1) is 14.5. The van der Waals surface area contributed by atoms with Crippen LogP contribution in [-0.2, 0) is 0 Å². The van der Waals surface area contributed by atoms with Gasteiger partial charge in [-0.1, -0.05) is 59.2 Å². The van der Waals surface area contributed by atoms with Gasteiger partial charge in [-0.3, -0.25) is 14.5 Å². The van der Waals surface area contributed by atoms with Gasteiger partial charge in [0, 0.05) is 6.04 Å². The summed E-state index contributed by atoms with van der Waals surface area (Å²) in [6.45, 7) is 0. The average Bonchev–Trinajstić information content (AvgIpc) is 3.01. The summed E-state index contributed by atoms with van der Waals surface area (Å²) < 4.78 is 0. The molecule has 0 aromatic heterocycles. The molecule has 1 aromatic carbocycles. The van der Waals surface area contributed by atoms with Crippen LogP contribution in [0.5, 0.6) is 0 Å². The zero-order valence-corrected chi connectivity index (χ0v) is 13.2. The Morgan fingerprint density at radius 2 is 1.15 bits per heavy atom. The van der Waals surface area contributed by atoms with E-state index in [9.17, 15) is 9.59 Å². The fraction of sp³-hybridized carbons (Fsp3) is 0.385. The van der Waals surface area contributed by atoms with Crippen molar-refractivity contribution in [1.82, 2.24) is 4.90 Å². The van der Waals surface area contributed by atoms with Gasteiger partial charge < -0.3 is 0 Å². The van der Waals surface area contributed by atoms with Crippen molar-refractivity contribution in [1.29, 1.82) is 0 Å². The molecule has 0 N–H and O–H groups in total. The minimum atomic E-state index is -0.428. The molecule has 1 saturated carbocycles. The molecular formula is C13H9Cl4NO2. The number of halogens is 4. The number of hydrogen-bond donors (Lipinski definition) is 0. The van der Waals surface area contributed by atoms with Crippen LogP contribution in [-0.4, -0.2) is 22.8 Å². The summed E-state index contributed by atoms with van der Waals surface area (Å²) in [5.74, 6) is -0.857. The zero-order valence-electron chi connectivity index (χ0n) is 10.2. The van der Waals surface area contributed by atoms with E-state index in [1.807, 2.05) is 0 Å². The minimum absolute atomic E-state index is 0.00471. The van der Waals surface area contributed by atoms with E-state index in [1.54, 1.807) is 0 Å². The summed E-state index contributed by atoms with van der Waals surface area (Å²) in [4.78, 5) is 26.2. The fourth-order valence-electron chi connectivity index (χ4n) is 2.86. The van der Waals surface area contributed by atoms with Crippen molar-refractivity contribution in [3.05, 3.63) is 31.2 Å². The molecule has 2 aliphatic rings. The van der Waals surface area contributed by atoms with E-state index in [-0.39, 0.29) is 37.3 Å². The molecule has 0 radical (unpaired) electrons. The molecule has 0 atom stereocenters. The quantitative estimate of drug-likeness (QED) is 0.412. The van der Waals surface area contributed by atoms with Crippen molar-refractivity contribution in [3.63, 3.8) is 0 Å². The number of carbonyl (C=O) groups excluding carboxylic acids is 2. The molecule has 1 heterocycles. The lowest BCUT2D eigenvalue weighted by Crippen LogP contribution is -2.38. The maximum Gasteiger partial charge on any atom is 0.263 e. The molecule has 0 unspecified atom stereocenters. The van der Waals surface area contributed by atoms with Crippen LogP contribution in [0, 0.1) is 0 Å². The molecule has 0 bridgehead atoms. The van der Waals surface area contributed by atoms with Crippen LogP contribution >= 0.6 is 46.4 Å². The first-order valence-corrected chi connectivity index (χ1v) is 7.70. The number of nitrogens with zero attached hydrogens (tertiary/aromatic N) is 1. The van der Waals surface area contributed by atoms with Gasteiger partial charge in [-0.2, -0.15) is 0 Å². The maximum absolute atomic E-state index is 12.5. The van der Waals surface area contributed by atoms with E-state index in [2.05, 4.69) is 0 Å². The summed E-state index contributed by atoms with van der Waals surface area (Å²) >= 11 is 24.1. The molecule has 2 amide bonds. The van der Waals surface area contributed by atoms with Gasteiger partial charge in [0.25, 0.3) is 11.8 Å². The van der Waals surface area contributed by atoms with Crippen LogP contribution in [0.3, 0.4) is 0 Å². The molecule has 1 aliphatic heterocycles. The van der Waals surface area contributed by atoms with Gasteiger partial charge in [-0.25, -0.2) is 0 Å². The highest BCUT2D eigenvalue weighted by atomic mass is 35.5. The molecule has 1 aliphatic carbocycles. The van der Waals surface area contributed by atoms with E-state index in [0.717, 1.165) is 25.7 Å². The molecule has 20 heavy (non-hydrogen) atoms. The molecular weight excluding hydrogens is 344 g/mol. The van der Waals surface area contributed by atoms with E-state index < -0.39 is 11.8 Å². The van der Waals surface area contributed by atoms with Gasteiger partial charge in [0.15, 0.2) is 0 Å². The third-order valence-corrected chi connectivity index (χ3v) is 5.62. The Kier molecular flexibility index (Phi) is 3.66. The predicted molar refractivity (Wildman–Crippen MR) is 79.2 cm³/mol. The molecule has 106 valence electrons. The van der Waals surface area contributed by atoms with Crippen LogP contribution in [0.1, 0.15) is 46.4 Å². The van der Waals surface area contributed by atoms with Crippen molar-refractivity contribution in [2.45, 2.75) is 31.7 Å². The summed E-state index contributed by atoms with van der Waals surface area (Å²) in [5, 5.41) is 0.00263. The van der Waals surface area contributed by atoms with Gasteiger partial charge >= 0.3 is 0 Å². The number of fused-ring (bicyclic) bond motifs is 1. The Bertz CT molecular complexity index is 591. The lowest BCUT2D eigenvalue weighted by atomic mass is 10.1. The Balaban J connectivity index is 2.18. The second-order valence-corrected chi connectivity index (χ2v) is 6.44. The number of carbonyl (C=O) groups is 2. The second kappa shape index (κ2) is 5.06. The standard InChI is InChI=1S/C13H9Cl4NO2/c14-8-6-7(9(15)11(17)10(8)16)13(20)18(12(6)19)5-3-1-2-4-5/h5H,1-4H2. The van der Waals surface area contributed by atoms with Crippen LogP contribution in [0.25, 0.3) is 0 Å². The number of amides is 2. The van der Waals surface area contributed by atoms with Crippen LogP contribution in [0.15, 0.2) is 0 Å². The fourth-order valence-corrected chi connectivity index (χ4v) is 3.87.